The molecule has 0 aliphatic carbocycles. The van der Waals surface area contributed by atoms with E-state index < -0.39 is 10.0 Å². The van der Waals surface area contributed by atoms with Gasteiger partial charge in [-0.05, 0) is 66.2 Å². The average molecular weight is 695 g/mol. The second-order valence-corrected chi connectivity index (χ2v) is 13.7. The Morgan fingerprint density at radius 3 is 2.49 bits per heavy atom. The molecule has 11 nitrogen and oxygen atoms in total. The number of piperazine rings is 1. The zero-order valence-electron chi connectivity index (χ0n) is 25.2. The number of aromatic nitrogens is 2. The fourth-order valence-corrected chi connectivity index (χ4v) is 7.08. The molecule has 1 N–H and O–H groups in total. The number of benzene rings is 3. The third-order valence-electron chi connectivity index (χ3n) is 8.15. The van der Waals surface area contributed by atoms with Crippen molar-refractivity contribution in [1.29, 1.82) is 0 Å². The molecule has 242 valence electrons. The van der Waals surface area contributed by atoms with E-state index in [1.54, 1.807) is 18.2 Å². The van der Waals surface area contributed by atoms with E-state index in [0.29, 0.717) is 24.5 Å². The summed E-state index contributed by atoms with van der Waals surface area (Å²) in [4.78, 5) is 22.0. The zero-order valence-corrected chi connectivity index (χ0v) is 27.5. The monoisotopic (exact) mass is 693 g/mol. The minimum absolute atomic E-state index is 0.0190. The average Bonchev–Trinajstić information content (AvgIpc) is 3.66. The molecule has 0 bridgehead atoms. The van der Waals surface area contributed by atoms with Gasteiger partial charge in [-0.1, -0.05) is 29.3 Å². The number of carbonyl (C=O) groups excluding carboxylic acids is 1. The summed E-state index contributed by atoms with van der Waals surface area (Å²) in [7, 11) is -2.02. The van der Waals surface area contributed by atoms with Crippen LogP contribution in [0, 0.1) is 0 Å². The lowest BCUT2D eigenvalue weighted by Gasteiger charge is -2.34. The van der Waals surface area contributed by atoms with Crippen molar-refractivity contribution in [2.75, 3.05) is 37.7 Å². The number of amides is 1. The predicted octanol–water partition coefficient (Wildman–Crippen LogP) is 6.16. The molecule has 3 aromatic carbocycles. The summed E-state index contributed by atoms with van der Waals surface area (Å²) in [6.07, 6.45) is 1.36. The van der Waals surface area contributed by atoms with Gasteiger partial charge in [0.25, 0.3) is 15.9 Å². The summed E-state index contributed by atoms with van der Waals surface area (Å²) in [5.74, 6) is 2.32. The van der Waals surface area contributed by atoms with Gasteiger partial charge in [0.2, 0.25) is 12.7 Å². The number of anilines is 1. The highest BCUT2D eigenvalue weighted by Gasteiger charge is 2.25. The minimum Gasteiger partial charge on any atom is -0.454 e. The molecule has 2 aliphatic heterocycles. The van der Waals surface area contributed by atoms with E-state index in [-0.39, 0.29) is 39.2 Å². The van der Waals surface area contributed by atoms with Gasteiger partial charge in [-0.15, -0.1) is 0 Å². The van der Waals surface area contributed by atoms with Gasteiger partial charge in [-0.3, -0.25) is 14.4 Å². The Morgan fingerprint density at radius 2 is 1.72 bits per heavy atom. The number of sulfonamides is 1. The van der Waals surface area contributed by atoms with Crippen LogP contribution in [0.5, 0.6) is 23.1 Å². The fraction of sp³-hybridized carbons (Fsp3) is 0.212. The van der Waals surface area contributed by atoms with Crippen LogP contribution in [0.15, 0.2) is 83.9 Å². The molecule has 1 fully saturated rings. The Bertz CT molecular complexity index is 2100. The van der Waals surface area contributed by atoms with Crippen molar-refractivity contribution >= 4 is 55.7 Å². The number of aryl methyl sites for hydroxylation is 1. The lowest BCUT2D eigenvalue weighted by molar-refractivity contribution is 0.0619. The van der Waals surface area contributed by atoms with Crippen molar-refractivity contribution in [1.82, 2.24) is 19.4 Å². The maximum Gasteiger partial charge on any atom is 0.270 e. The quantitative estimate of drug-likeness (QED) is 0.206. The molecule has 5 aromatic rings. The second kappa shape index (κ2) is 12.6. The molecule has 1 saturated heterocycles. The van der Waals surface area contributed by atoms with Gasteiger partial charge in [0.1, 0.15) is 11.4 Å². The van der Waals surface area contributed by atoms with Crippen LogP contribution in [-0.4, -0.2) is 66.6 Å². The summed E-state index contributed by atoms with van der Waals surface area (Å²) in [5.41, 5.74) is 2.88. The molecule has 0 atom stereocenters. The van der Waals surface area contributed by atoms with E-state index >= 15 is 0 Å². The van der Waals surface area contributed by atoms with Crippen molar-refractivity contribution in [3.8, 4) is 23.1 Å². The number of rotatable bonds is 8. The van der Waals surface area contributed by atoms with Gasteiger partial charge in [0.05, 0.1) is 26.8 Å². The highest BCUT2D eigenvalue weighted by atomic mass is 35.5. The summed E-state index contributed by atoms with van der Waals surface area (Å²) in [6.45, 7) is 3.83. The fourth-order valence-electron chi connectivity index (χ4n) is 5.64. The SMILES string of the molecule is Cn1c(C(=O)N2CCN(Cc3ccc4c(c3)OCO4)CC2)cc2cc(Oc3ccc(NS(=O)(=O)c4ccc(Cl)c(Cl)c4)cn3)ccc21. The molecule has 0 radical (unpaired) electrons. The van der Waals surface area contributed by atoms with Crippen LogP contribution in [-0.2, 0) is 23.6 Å². The first-order valence-corrected chi connectivity index (χ1v) is 17.0. The highest BCUT2D eigenvalue weighted by molar-refractivity contribution is 7.92. The topological polar surface area (TPSA) is 115 Å². The van der Waals surface area contributed by atoms with E-state index in [0.717, 1.165) is 47.6 Å². The molecule has 2 aliphatic rings. The second-order valence-electron chi connectivity index (χ2n) is 11.2. The number of hydrogen-bond donors (Lipinski definition) is 1. The molecule has 47 heavy (non-hydrogen) atoms. The molecule has 7 rings (SSSR count). The molecule has 0 saturated carbocycles. The van der Waals surface area contributed by atoms with E-state index in [9.17, 15) is 13.2 Å². The molecular weight excluding hydrogens is 665 g/mol. The largest absolute Gasteiger partial charge is 0.454 e. The predicted molar refractivity (Wildman–Crippen MR) is 178 cm³/mol. The smallest absolute Gasteiger partial charge is 0.270 e. The number of ether oxygens (including phenoxy) is 3. The van der Waals surface area contributed by atoms with Crippen molar-refractivity contribution < 1.29 is 27.4 Å². The van der Waals surface area contributed by atoms with Crippen LogP contribution < -0.4 is 18.9 Å². The van der Waals surface area contributed by atoms with Crippen LogP contribution in [0.3, 0.4) is 0 Å². The van der Waals surface area contributed by atoms with E-state index in [4.69, 9.17) is 37.4 Å². The lowest BCUT2D eigenvalue weighted by atomic mass is 10.1. The lowest BCUT2D eigenvalue weighted by Crippen LogP contribution is -2.48. The number of carbonyl (C=O) groups is 1. The van der Waals surface area contributed by atoms with Gasteiger partial charge in [0.15, 0.2) is 11.5 Å². The molecule has 1 amide bonds. The maximum absolute atomic E-state index is 13.6. The number of fused-ring (bicyclic) bond motifs is 2. The van der Waals surface area contributed by atoms with E-state index in [1.807, 2.05) is 46.8 Å². The molecular formula is C33H29Cl2N5O6S. The minimum atomic E-state index is -3.90. The van der Waals surface area contributed by atoms with Crippen molar-refractivity contribution in [2.24, 2.45) is 7.05 Å². The Labute approximate surface area is 281 Å². The Kier molecular flexibility index (Phi) is 8.35. The van der Waals surface area contributed by atoms with Gasteiger partial charge in [-0.2, -0.15) is 0 Å². The summed E-state index contributed by atoms with van der Waals surface area (Å²) in [5, 5.41) is 1.24. The number of nitrogens with one attached hydrogen (secondary N) is 1. The van der Waals surface area contributed by atoms with Gasteiger partial charge in [-0.25, -0.2) is 13.4 Å². The number of hydrogen-bond acceptors (Lipinski definition) is 8. The Morgan fingerprint density at radius 1 is 0.915 bits per heavy atom. The Balaban J connectivity index is 0.977. The van der Waals surface area contributed by atoms with Crippen molar-refractivity contribution in [2.45, 2.75) is 11.4 Å². The van der Waals surface area contributed by atoms with Crippen LogP contribution in [0.25, 0.3) is 10.9 Å². The molecule has 0 spiro atoms. The van der Waals surface area contributed by atoms with Gasteiger partial charge >= 0.3 is 0 Å². The summed E-state index contributed by atoms with van der Waals surface area (Å²) in [6, 6.07) is 20.6. The van der Waals surface area contributed by atoms with Crippen LogP contribution in [0.1, 0.15) is 16.1 Å². The van der Waals surface area contributed by atoms with Crippen LogP contribution >= 0.6 is 23.2 Å². The first-order valence-electron chi connectivity index (χ1n) is 14.7. The third kappa shape index (κ3) is 6.54. The standard InChI is InChI=1S/C33H29Cl2N5O6S/c1-38-28-7-4-24(46-32-9-3-23(18-36-32)37-47(42,43)25-5-6-26(34)27(35)17-25)15-22(28)16-29(38)33(41)40-12-10-39(11-13-40)19-21-2-8-30-31(14-21)45-20-44-30/h2-9,14-18,37H,10-13,19-20H2,1H3. The molecule has 2 aromatic heterocycles. The first-order chi connectivity index (χ1) is 22.6. The molecule has 4 heterocycles. The zero-order chi connectivity index (χ0) is 32.7. The van der Waals surface area contributed by atoms with E-state index in [1.165, 1.54) is 24.4 Å². The Hall–Kier alpha value is -4.49. The number of pyridine rings is 1. The van der Waals surface area contributed by atoms with Gasteiger partial charge in [0, 0.05) is 56.7 Å². The van der Waals surface area contributed by atoms with Crippen molar-refractivity contribution in [3.05, 3.63) is 100 Å². The summed E-state index contributed by atoms with van der Waals surface area (Å²) < 4.78 is 46.7. The van der Waals surface area contributed by atoms with Crippen LogP contribution in [0.2, 0.25) is 10.0 Å². The normalized spacial score (nSPS) is 14.8. The maximum atomic E-state index is 13.6. The molecule has 14 heteroatoms. The number of nitrogens with zero attached hydrogens (tertiary/aromatic N) is 4. The first kappa shape index (κ1) is 31.1. The van der Waals surface area contributed by atoms with Crippen LogP contribution in [0.4, 0.5) is 5.69 Å². The van der Waals surface area contributed by atoms with Crippen molar-refractivity contribution in [3.63, 3.8) is 0 Å². The van der Waals surface area contributed by atoms with E-state index in [2.05, 4.69) is 20.7 Å². The van der Waals surface area contributed by atoms with Gasteiger partial charge < -0.3 is 23.7 Å². The molecule has 0 unspecified atom stereocenters. The number of halogens is 2. The summed E-state index contributed by atoms with van der Waals surface area (Å²) >= 11 is 11.9. The third-order valence-corrected chi connectivity index (χ3v) is 10.3. The highest BCUT2D eigenvalue weighted by Crippen LogP contribution is 2.33.